The first-order valence-electron chi connectivity index (χ1n) is 6.64. The van der Waals surface area contributed by atoms with Gasteiger partial charge in [-0.1, -0.05) is 30.7 Å². The molecule has 0 spiro atoms. The van der Waals surface area contributed by atoms with Crippen molar-refractivity contribution in [2.45, 2.75) is 44.7 Å². The third-order valence-corrected chi connectivity index (χ3v) is 3.63. The van der Waals surface area contributed by atoms with Gasteiger partial charge in [0.2, 0.25) is 0 Å². The van der Waals surface area contributed by atoms with Gasteiger partial charge in [0.1, 0.15) is 6.04 Å². The fraction of sp³-hybridized carbons (Fsp3) is 0.533. The lowest BCUT2D eigenvalue weighted by Gasteiger charge is -2.22. The molecule has 0 amide bonds. The Balaban J connectivity index is 2.15. The molecule has 2 unspecified atom stereocenters. The summed E-state index contributed by atoms with van der Waals surface area (Å²) in [5.41, 5.74) is 2.75. The van der Waals surface area contributed by atoms with E-state index in [9.17, 15) is 4.79 Å². The van der Waals surface area contributed by atoms with E-state index in [1.807, 2.05) is 6.92 Å². The van der Waals surface area contributed by atoms with Gasteiger partial charge in [0, 0.05) is 6.04 Å². The summed E-state index contributed by atoms with van der Waals surface area (Å²) < 4.78 is 4.77. The van der Waals surface area contributed by atoms with Gasteiger partial charge >= 0.3 is 5.97 Å². The normalized spacial score (nSPS) is 20.7. The molecule has 0 radical (unpaired) electrons. The lowest BCUT2D eigenvalue weighted by atomic mass is 9.98. The van der Waals surface area contributed by atoms with E-state index in [0.29, 0.717) is 0 Å². The second-order valence-electron chi connectivity index (χ2n) is 4.91. The second-order valence-corrected chi connectivity index (χ2v) is 4.91. The molecule has 3 nitrogen and oxygen atoms in total. The molecule has 1 aromatic rings. The Morgan fingerprint density at radius 3 is 2.94 bits per heavy atom. The Kier molecular flexibility index (Phi) is 4.37. The summed E-state index contributed by atoms with van der Waals surface area (Å²) in [4.78, 5) is 11.5. The van der Waals surface area contributed by atoms with Crippen molar-refractivity contribution in [3.05, 3.63) is 35.4 Å². The Hall–Kier alpha value is -1.35. The van der Waals surface area contributed by atoms with Gasteiger partial charge in [0.15, 0.2) is 0 Å². The lowest BCUT2D eigenvalue weighted by Crippen LogP contribution is -2.37. The maximum atomic E-state index is 11.5. The average molecular weight is 247 g/mol. The second kappa shape index (κ2) is 6.01. The van der Waals surface area contributed by atoms with Crippen LogP contribution in [0.4, 0.5) is 0 Å². The van der Waals surface area contributed by atoms with Crippen molar-refractivity contribution in [2.75, 3.05) is 7.11 Å². The van der Waals surface area contributed by atoms with Crippen molar-refractivity contribution in [1.29, 1.82) is 0 Å². The molecule has 0 aliphatic heterocycles. The van der Waals surface area contributed by atoms with Crippen LogP contribution >= 0.6 is 0 Å². The van der Waals surface area contributed by atoms with Crippen LogP contribution in [0.25, 0.3) is 0 Å². The number of rotatable bonds is 3. The third kappa shape index (κ3) is 2.91. The maximum absolute atomic E-state index is 11.5. The lowest BCUT2D eigenvalue weighted by molar-refractivity contribution is -0.142. The molecular formula is C15H21NO2. The summed E-state index contributed by atoms with van der Waals surface area (Å²) in [5, 5.41) is 3.39. The van der Waals surface area contributed by atoms with Crippen molar-refractivity contribution in [2.24, 2.45) is 0 Å². The molecule has 98 valence electrons. The minimum atomic E-state index is -0.258. The molecule has 2 atom stereocenters. The standard InChI is InChI=1S/C15H21NO2/c1-11(15(17)18-2)16-14-10-6-4-8-12-7-3-5-9-13(12)14/h3,5,7,9,11,14,16H,4,6,8,10H2,1-2H3. The molecule has 18 heavy (non-hydrogen) atoms. The fourth-order valence-electron chi connectivity index (χ4n) is 2.64. The number of aryl methyl sites for hydroxylation is 1. The van der Waals surface area contributed by atoms with Crippen molar-refractivity contribution in [1.82, 2.24) is 5.32 Å². The Morgan fingerprint density at radius 1 is 1.39 bits per heavy atom. The summed E-state index contributed by atoms with van der Waals surface area (Å²) in [5.74, 6) is -0.197. The van der Waals surface area contributed by atoms with Gasteiger partial charge in [0.25, 0.3) is 0 Å². The van der Waals surface area contributed by atoms with E-state index in [-0.39, 0.29) is 18.1 Å². The first-order chi connectivity index (χ1) is 8.72. The summed E-state index contributed by atoms with van der Waals surface area (Å²) in [6, 6.07) is 8.52. The monoisotopic (exact) mass is 247 g/mol. The number of esters is 1. The molecule has 1 aliphatic rings. The van der Waals surface area contributed by atoms with Gasteiger partial charge in [-0.2, -0.15) is 0 Å². The highest BCUT2D eigenvalue weighted by Gasteiger charge is 2.22. The van der Waals surface area contributed by atoms with Crippen LogP contribution in [-0.4, -0.2) is 19.1 Å². The molecule has 1 aromatic carbocycles. The summed E-state index contributed by atoms with van der Waals surface area (Å²) in [6.07, 6.45) is 4.64. The summed E-state index contributed by atoms with van der Waals surface area (Å²) >= 11 is 0. The predicted molar refractivity (Wildman–Crippen MR) is 71.4 cm³/mol. The number of carbonyl (C=O) groups is 1. The Labute approximate surface area is 109 Å². The van der Waals surface area contributed by atoms with Crippen LogP contribution < -0.4 is 5.32 Å². The van der Waals surface area contributed by atoms with Crippen molar-refractivity contribution in [3.8, 4) is 0 Å². The molecule has 0 saturated heterocycles. The number of nitrogens with one attached hydrogen (secondary N) is 1. The quantitative estimate of drug-likeness (QED) is 0.659. The van der Waals surface area contributed by atoms with E-state index in [1.54, 1.807) is 0 Å². The van der Waals surface area contributed by atoms with E-state index in [2.05, 4.69) is 29.6 Å². The minimum absolute atomic E-state index is 0.197. The van der Waals surface area contributed by atoms with Crippen LogP contribution in [0.3, 0.4) is 0 Å². The molecule has 1 aliphatic carbocycles. The van der Waals surface area contributed by atoms with Crippen LogP contribution in [0.5, 0.6) is 0 Å². The van der Waals surface area contributed by atoms with Gasteiger partial charge in [0.05, 0.1) is 7.11 Å². The molecule has 3 heteroatoms. The molecule has 2 rings (SSSR count). The topological polar surface area (TPSA) is 38.3 Å². The molecule has 0 heterocycles. The van der Waals surface area contributed by atoms with E-state index in [1.165, 1.54) is 31.1 Å². The van der Waals surface area contributed by atoms with Crippen molar-refractivity contribution >= 4 is 5.97 Å². The fourth-order valence-corrected chi connectivity index (χ4v) is 2.64. The highest BCUT2D eigenvalue weighted by molar-refractivity contribution is 5.75. The molecule has 0 aromatic heterocycles. The first-order valence-corrected chi connectivity index (χ1v) is 6.64. The highest BCUT2D eigenvalue weighted by atomic mass is 16.5. The Bertz CT molecular complexity index is 417. The molecule has 0 saturated carbocycles. The van der Waals surface area contributed by atoms with E-state index >= 15 is 0 Å². The first kappa shape index (κ1) is 13.1. The summed E-state index contributed by atoms with van der Waals surface area (Å²) in [6.45, 7) is 1.86. The van der Waals surface area contributed by atoms with Gasteiger partial charge in [-0.15, -0.1) is 0 Å². The van der Waals surface area contributed by atoms with Crippen LogP contribution in [-0.2, 0) is 16.0 Å². The zero-order chi connectivity index (χ0) is 13.0. The number of carbonyl (C=O) groups excluding carboxylic acids is 1. The smallest absolute Gasteiger partial charge is 0.322 e. The molecule has 0 fully saturated rings. The molecular weight excluding hydrogens is 226 g/mol. The van der Waals surface area contributed by atoms with Crippen molar-refractivity contribution in [3.63, 3.8) is 0 Å². The van der Waals surface area contributed by atoms with E-state index in [0.717, 1.165) is 12.8 Å². The minimum Gasteiger partial charge on any atom is -0.468 e. The SMILES string of the molecule is COC(=O)C(C)NC1CCCCc2ccccc21. The zero-order valence-electron chi connectivity index (χ0n) is 11.1. The van der Waals surface area contributed by atoms with Gasteiger partial charge < -0.3 is 4.74 Å². The van der Waals surface area contributed by atoms with Crippen LogP contribution in [0.15, 0.2) is 24.3 Å². The number of hydrogen-bond donors (Lipinski definition) is 1. The van der Waals surface area contributed by atoms with Gasteiger partial charge in [-0.05, 0) is 37.3 Å². The maximum Gasteiger partial charge on any atom is 0.322 e. The molecule has 1 N–H and O–H groups in total. The van der Waals surface area contributed by atoms with E-state index in [4.69, 9.17) is 4.74 Å². The zero-order valence-corrected chi connectivity index (χ0v) is 11.1. The summed E-state index contributed by atoms with van der Waals surface area (Å²) in [7, 11) is 1.43. The number of fused-ring (bicyclic) bond motifs is 1. The number of benzene rings is 1. The van der Waals surface area contributed by atoms with Crippen LogP contribution in [0.1, 0.15) is 43.4 Å². The third-order valence-electron chi connectivity index (χ3n) is 3.63. The molecule has 0 bridgehead atoms. The van der Waals surface area contributed by atoms with Crippen LogP contribution in [0.2, 0.25) is 0 Å². The van der Waals surface area contributed by atoms with Crippen LogP contribution in [0, 0.1) is 0 Å². The predicted octanol–water partition coefficient (Wildman–Crippen LogP) is 2.61. The number of hydrogen-bond acceptors (Lipinski definition) is 3. The average Bonchev–Trinajstić information content (AvgIpc) is 2.60. The highest BCUT2D eigenvalue weighted by Crippen LogP contribution is 2.28. The largest absolute Gasteiger partial charge is 0.468 e. The van der Waals surface area contributed by atoms with Gasteiger partial charge in [-0.3, -0.25) is 10.1 Å². The van der Waals surface area contributed by atoms with E-state index < -0.39 is 0 Å². The van der Waals surface area contributed by atoms with Crippen molar-refractivity contribution < 1.29 is 9.53 Å². The number of methoxy groups -OCH3 is 1. The Morgan fingerprint density at radius 2 is 2.17 bits per heavy atom. The van der Waals surface area contributed by atoms with Gasteiger partial charge in [-0.25, -0.2) is 0 Å². The number of ether oxygens (including phenoxy) is 1.